The van der Waals surface area contributed by atoms with E-state index in [1.165, 1.54) is 6.26 Å². The van der Waals surface area contributed by atoms with Crippen LogP contribution in [0, 0.1) is 0 Å². The van der Waals surface area contributed by atoms with Gasteiger partial charge < -0.3 is 19.8 Å². The van der Waals surface area contributed by atoms with Crippen molar-refractivity contribution in [2.75, 3.05) is 18.5 Å². The quantitative estimate of drug-likeness (QED) is 0.770. The number of carbonyl (C=O) groups is 2. The number of nitrogens with one attached hydrogen (secondary N) is 2. The Hall–Kier alpha value is -2.05. The van der Waals surface area contributed by atoms with Crippen LogP contribution in [0.1, 0.15) is 44.6 Å². The summed E-state index contributed by atoms with van der Waals surface area (Å²) in [5.74, 6) is -0.600. The van der Waals surface area contributed by atoms with Gasteiger partial charge in [-0.1, -0.05) is 0 Å². The van der Waals surface area contributed by atoms with Crippen LogP contribution >= 0.6 is 0 Å². The van der Waals surface area contributed by atoms with Crippen molar-refractivity contribution >= 4 is 17.9 Å². The van der Waals surface area contributed by atoms with Crippen molar-refractivity contribution in [3.8, 4) is 0 Å². The van der Waals surface area contributed by atoms with Crippen LogP contribution in [0.4, 0.5) is 6.01 Å². The summed E-state index contributed by atoms with van der Waals surface area (Å²) in [4.78, 5) is 26.8. The van der Waals surface area contributed by atoms with Crippen LogP contribution in [0.5, 0.6) is 0 Å². The van der Waals surface area contributed by atoms with Crippen molar-refractivity contribution in [3.05, 3.63) is 12.0 Å². The van der Waals surface area contributed by atoms with Gasteiger partial charge in [0, 0.05) is 18.5 Å². The molecule has 1 aromatic rings. The van der Waals surface area contributed by atoms with Gasteiger partial charge in [0.1, 0.15) is 6.26 Å². The lowest BCUT2D eigenvalue weighted by Crippen LogP contribution is -2.41. The molecule has 1 rings (SSSR count). The predicted octanol–water partition coefficient (Wildman–Crippen LogP) is 1.57. The van der Waals surface area contributed by atoms with Crippen LogP contribution in [0.2, 0.25) is 0 Å². The van der Waals surface area contributed by atoms with Crippen LogP contribution in [-0.2, 0) is 9.53 Å². The lowest BCUT2D eigenvalue weighted by molar-refractivity contribution is -0.122. The Morgan fingerprint density at radius 2 is 2.10 bits per heavy atom. The molecule has 2 N–H and O–H groups in total. The summed E-state index contributed by atoms with van der Waals surface area (Å²) in [5, 5.41) is 5.67. The van der Waals surface area contributed by atoms with Gasteiger partial charge in [0.2, 0.25) is 5.91 Å². The van der Waals surface area contributed by atoms with Crippen LogP contribution < -0.4 is 10.6 Å². The van der Waals surface area contributed by atoms with Gasteiger partial charge in [-0.25, -0.2) is 4.79 Å². The molecule has 0 radical (unpaired) electrons. The first-order valence-corrected chi connectivity index (χ1v) is 6.49. The Morgan fingerprint density at radius 3 is 2.70 bits per heavy atom. The van der Waals surface area contributed by atoms with Crippen molar-refractivity contribution in [1.82, 2.24) is 10.3 Å². The number of amides is 1. The highest BCUT2D eigenvalue weighted by atomic mass is 16.5. The lowest BCUT2D eigenvalue weighted by Gasteiger charge is -2.20. The van der Waals surface area contributed by atoms with Crippen LogP contribution in [0.25, 0.3) is 0 Å². The zero-order valence-electron chi connectivity index (χ0n) is 12.3. The topological polar surface area (TPSA) is 93.5 Å². The normalized spacial score (nSPS) is 11.0. The summed E-state index contributed by atoms with van der Waals surface area (Å²) in [6, 6.07) is 0.191. The van der Waals surface area contributed by atoms with E-state index < -0.39 is 5.97 Å². The van der Waals surface area contributed by atoms with E-state index in [1.807, 2.05) is 20.8 Å². The fourth-order valence-electron chi connectivity index (χ4n) is 1.42. The molecule has 7 nitrogen and oxygen atoms in total. The molecule has 0 aromatic carbocycles. The van der Waals surface area contributed by atoms with Gasteiger partial charge in [-0.05, 0) is 27.7 Å². The van der Waals surface area contributed by atoms with Crippen LogP contribution in [-0.4, -0.2) is 35.6 Å². The fourth-order valence-corrected chi connectivity index (χ4v) is 1.42. The highest BCUT2D eigenvalue weighted by molar-refractivity contribution is 5.87. The van der Waals surface area contributed by atoms with E-state index >= 15 is 0 Å². The van der Waals surface area contributed by atoms with E-state index in [-0.39, 0.29) is 36.2 Å². The molecule has 0 spiro atoms. The third-order valence-electron chi connectivity index (χ3n) is 2.13. The average Bonchev–Trinajstić information content (AvgIpc) is 2.75. The first-order chi connectivity index (χ1) is 9.31. The molecule has 1 aromatic heterocycles. The molecule has 7 heteroatoms. The average molecular weight is 283 g/mol. The number of hydrogen-bond acceptors (Lipinski definition) is 6. The molecule has 0 aliphatic rings. The molecular weight excluding hydrogens is 262 g/mol. The molecule has 0 fully saturated rings. The predicted molar refractivity (Wildman–Crippen MR) is 73.5 cm³/mol. The van der Waals surface area contributed by atoms with Crippen molar-refractivity contribution < 1.29 is 18.7 Å². The maximum Gasteiger partial charge on any atom is 0.360 e. The molecule has 0 unspecified atom stereocenters. The van der Waals surface area contributed by atoms with Crippen LogP contribution in [0.15, 0.2) is 10.7 Å². The molecule has 1 heterocycles. The summed E-state index contributed by atoms with van der Waals surface area (Å²) in [6.45, 7) is 8.10. The molecule has 0 bridgehead atoms. The highest BCUT2D eigenvalue weighted by Gasteiger charge is 2.15. The largest absolute Gasteiger partial charge is 0.461 e. The Morgan fingerprint density at radius 1 is 1.40 bits per heavy atom. The number of oxazole rings is 1. The minimum Gasteiger partial charge on any atom is -0.461 e. The number of rotatable bonds is 6. The van der Waals surface area contributed by atoms with E-state index in [2.05, 4.69) is 15.6 Å². The van der Waals surface area contributed by atoms with E-state index in [9.17, 15) is 9.59 Å². The lowest BCUT2D eigenvalue weighted by atomic mass is 10.1. The van der Waals surface area contributed by atoms with Gasteiger partial charge in [-0.15, -0.1) is 0 Å². The van der Waals surface area contributed by atoms with E-state index in [0.29, 0.717) is 6.54 Å². The number of anilines is 1. The second-order valence-electron chi connectivity index (χ2n) is 5.23. The van der Waals surface area contributed by atoms with Crippen molar-refractivity contribution in [2.45, 2.75) is 39.7 Å². The molecule has 1 amide bonds. The molecule has 112 valence electrons. The summed E-state index contributed by atoms with van der Waals surface area (Å²) in [7, 11) is 0. The standard InChI is InChI=1S/C13H21N3O4/c1-5-19-11(18)9-8-20-12(15-9)14-7-6-10(17)16-13(2,3)4/h8H,5-7H2,1-4H3,(H,14,15)(H,16,17). The second-order valence-corrected chi connectivity index (χ2v) is 5.23. The monoisotopic (exact) mass is 283 g/mol. The van der Waals surface area contributed by atoms with E-state index in [4.69, 9.17) is 9.15 Å². The Balaban J connectivity index is 2.36. The summed E-state index contributed by atoms with van der Waals surface area (Å²) in [6.07, 6.45) is 1.50. The maximum absolute atomic E-state index is 11.6. The number of hydrogen-bond donors (Lipinski definition) is 2. The number of nitrogens with zero attached hydrogens (tertiary/aromatic N) is 1. The SMILES string of the molecule is CCOC(=O)c1coc(NCCC(=O)NC(C)(C)C)n1. The maximum atomic E-state index is 11.6. The Kier molecular flexibility index (Phi) is 5.54. The van der Waals surface area contributed by atoms with Crippen molar-refractivity contribution in [3.63, 3.8) is 0 Å². The third-order valence-corrected chi connectivity index (χ3v) is 2.13. The number of ether oxygens (including phenoxy) is 1. The van der Waals surface area contributed by atoms with E-state index in [0.717, 1.165) is 0 Å². The molecular formula is C13H21N3O4. The summed E-state index contributed by atoms with van der Waals surface area (Å²) in [5.41, 5.74) is -0.148. The zero-order chi connectivity index (χ0) is 15.2. The van der Waals surface area contributed by atoms with Crippen molar-refractivity contribution in [1.29, 1.82) is 0 Å². The van der Waals surface area contributed by atoms with Gasteiger partial charge in [0.05, 0.1) is 6.61 Å². The Bertz CT molecular complexity index is 462. The van der Waals surface area contributed by atoms with Gasteiger partial charge in [0.15, 0.2) is 5.69 Å². The molecule has 20 heavy (non-hydrogen) atoms. The molecule has 0 aliphatic carbocycles. The van der Waals surface area contributed by atoms with Gasteiger partial charge in [0.25, 0.3) is 6.01 Å². The smallest absolute Gasteiger partial charge is 0.360 e. The first-order valence-electron chi connectivity index (χ1n) is 6.49. The number of aromatic nitrogens is 1. The third kappa shape index (κ3) is 5.73. The fraction of sp³-hybridized carbons (Fsp3) is 0.615. The zero-order valence-corrected chi connectivity index (χ0v) is 12.3. The highest BCUT2D eigenvalue weighted by Crippen LogP contribution is 2.08. The van der Waals surface area contributed by atoms with Crippen LogP contribution in [0.3, 0.4) is 0 Å². The molecule has 0 aliphatic heterocycles. The minimum atomic E-state index is -0.533. The van der Waals surface area contributed by atoms with Gasteiger partial charge in [-0.2, -0.15) is 4.98 Å². The van der Waals surface area contributed by atoms with E-state index in [1.54, 1.807) is 6.92 Å². The first kappa shape index (κ1) is 16.0. The number of carbonyl (C=O) groups excluding carboxylic acids is 2. The van der Waals surface area contributed by atoms with Crippen molar-refractivity contribution in [2.24, 2.45) is 0 Å². The summed E-state index contributed by atoms with van der Waals surface area (Å²) >= 11 is 0. The molecule has 0 atom stereocenters. The second kappa shape index (κ2) is 6.93. The molecule has 0 saturated carbocycles. The Labute approximate surface area is 118 Å². The van der Waals surface area contributed by atoms with Gasteiger partial charge in [-0.3, -0.25) is 4.79 Å². The van der Waals surface area contributed by atoms with Gasteiger partial charge >= 0.3 is 5.97 Å². The summed E-state index contributed by atoms with van der Waals surface area (Å²) < 4.78 is 9.85. The molecule has 0 saturated heterocycles. The number of esters is 1. The minimum absolute atomic E-state index is 0.0674.